The maximum Gasteiger partial charge on any atom is 0.137 e. The first kappa shape index (κ1) is 21.3. The number of furan rings is 1. The molecule has 0 amide bonds. The lowest BCUT2D eigenvalue weighted by Gasteiger charge is -2.22. The minimum absolute atomic E-state index is 0.0428. The summed E-state index contributed by atoms with van der Waals surface area (Å²) in [5, 5.41) is 6.99. The minimum atomic E-state index is 0.0428. The van der Waals surface area contributed by atoms with Crippen LogP contribution in [0.15, 0.2) is 71.4 Å². The van der Waals surface area contributed by atoms with Crippen LogP contribution < -0.4 is 10.6 Å². The summed E-state index contributed by atoms with van der Waals surface area (Å²) in [5.74, 6) is 1.35. The molecule has 162 valence electrons. The van der Waals surface area contributed by atoms with Crippen molar-refractivity contribution in [3.8, 4) is 11.3 Å². The molecule has 3 aromatic rings. The molecular weight excluding hydrogens is 380 g/mol. The molecule has 1 aromatic heterocycles. The molecule has 1 aliphatic rings. The van der Waals surface area contributed by atoms with Crippen LogP contribution in [0.3, 0.4) is 0 Å². The van der Waals surface area contributed by atoms with E-state index in [1.54, 1.807) is 0 Å². The van der Waals surface area contributed by atoms with E-state index in [1.807, 2.05) is 6.26 Å². The van der Waals surface area contributed by atoms with Crippen molar-refractivity contribution in [1.29, 1.82) is 0 Å². The summed E-state index contributed by atoms with van der Waals surface area (Å²) in [4.78, 5) is 0. The van der Waals surface area contributed by atoms with Crippen molar-refractivity contribution in [2.45, 2.75) is 65.0 Å². The Labute approximate surface area is 186 Å². The van der Waals surface area contributed by atoms with E-state index in [2.05, 4.69) is 106 Å². The van der Waals surface area contributed by atoms with Crippen LogP contribution in [0.1, 0.15) is 64.5 Å². The van der Waals surface area contributed by atoms with Gasteiger partial charge < -0.3 is 15.1 Å². The van der Waals surface area contributed by atoms with Gasteiger partial charge in [0.05, 0.1) is 6.26 Å². The lowest BCUT2D eigenvalue weighted by Crippen LogP contribution is -2.25. The zero-order valence-corrected chi connectivity index (χ0v) is 19.3. The average Bonchev–Trinajstić information content (AvgIpc) is 3.36. The predicted molar refractivity (Wildman–Crippen MR) is 133 cm³/mol. The molecule has 4 rings (SSSR count). The number of hydrogen-bond donors (Lipinski definition) is 2. The molecule has 1 aliphatic carbocycles. The molecule has 2 aromatic carbocycles. The molecule has 3 heteroatoms. The van der Waals surface area contributed by atoms with E-state index in [-0.39, 0.29) is 5.54 Å². The van der Waals surface area contributed by atoms with Gasteiger partial charge in [-0.3, -0.25) is 0 Å². The summed E-state index contributed by atoms with van der Waals surface area (Å²) in [6.07, 6.45) is 6.45. The molecule has 2 N–H and O–H groups in total. The maximum atomic E-state index is 5.99. The third-order valence-corrected chi connectivity index (χ3v) is 5.61. The smallest absolute Gasteiger partial charge is 0.137 e. The monoisotopic (exact) mass is 414 g/mol. The zero-order chi connectivity index (χ0) is 22.0. The first-order chi connectivity index (χ1) is 14.8. The quantitative estimate of drug-likeness (QED) is 0.430. The Morgan fingerprint density at radius 2 is 1.52 bits per heavy atom. The predicted octanol–water partition coefficient (Wildman–Crippen LogP) is 7.94. The van der Waals surface area contributed by atoms with Gasteiger partial charge in [-0.2, -0.15) is 0 Å². The van der Waals surface area contributed by atoms with Crippen molar-refractivity contribution in [1.82, 2.24) is 0 Å². The zero-order valence-electron chi connectivity index (χ0n) is 19.3. The Morgan fingerprint density at radius 1 is 0.871 bits per heavy atom. The van der Waals surface area contributed by atoms with E-state index in [0.29, 0.717) is 12.0 Å². The Morgan fingerprint density at radius 3 is 2.16 bits per heavy atom. The molecule has 3 nitrogen and oxygen atoms in total. The number of rotatable bonds is 6. The highest BCUT2D eigenvalue weighted by atomic mass is 16.3. The van der Waals surface area contributed by atoms with Gasteiger partial charge >= 0.3 is 0 Å². The van der Waals surface area contributed by atoms with Crippen LogP contribution in [0.4, 0.5) is 11.4 Å². The number of hydrogen-bond acceptors (Lipinski definition) is 3. The second kappa shape index (κ2) is 8.66. The fourth-order valence-electron chi connectivity index (χ4n) is 4.40. The van der Waals surface area contributed by atoms with Crippen molar-refractivity contribution >= 4 is 16.9 Å². The molecule has 0 fully saturated rings. The van der Waals surface area contributed by atoms with Crippen LogP contribution in [0.25, 0.3) is 16.9 Å². The third kappa shape index (κ3) is 5.04. The second-order valence-electron chi connectivity index (χ2n) is 9.82. The fourth-order valence-corrected chi connectivity index (χ4v) is 4.40. The van der Waals surface area contributed by atoms with Crippen molar-refractivity contribution < 1.29 is 4.42 Å². The maximum absolute atomic E-state index is 5.99. The third-order valence-electron chi connectivity index (χ3n) is 5.61. The number of anilines is 2. The highest BCUT2D eigenvalue weighted by Crippen LogP contribution is 2.45. The van der Waals surface area contributed by atoms with Gasteiger partial charge in [0.25, 0.3) is 0 Å². The van der Waals surface area contributed by atoms with E-state index in [4.69, 9.17) is 4.42 Å². The van der Waals surface area contributed by atoms with Gasteiger partial charge in [-0.15, -0.1) is 0 Å². The lowest BCUT2D eigenvalue weighted by molar-refractivity contribution is 0.577. The van der Waals surface area contributed by atoms with Crippen LogP contribution in [0, 0.1) is 0 Å². The summed E-state index contributed by atoms with van der Waals surface area (Å²) in [7, 11) is 0. The second-order valence-corrected chi connectivity index (χ2v) is 9.82. The molecule has 1 heterocycles. The van der Waals surface area contributed by atoms with Crippen LogP contribution >= 0.6 is 0 Å². The van der Waals surface area contributed by atoms with Gasteiger partial charge in [0.2, 0.25) is 0 Å². The molecular formula is C28H34N2O. The van der Waals surface area contributed by atoms with Crippen molar-refractivity contribution in [2.24, 2.45) is 0 Å². The molecule has 31 heavy (non-hydrogen) atoms. The van der Waals surface area contributed by atoms with E-state index >= 15 is 0 Å². The normalized spacial score (nSPS) is 16.5. The van der Waals surface area contributed by atoms with E-state index < -0.39 is 0 Å². The molecule has 0 bridgehead atoms. The Hall–Kier alpha value is -2.94. The van der Waals surface area contributed by atoms with Crippen LogP contribution in [0.2, 0.25) is 0 Å². The van der Waals surface area contributed by atoms with Crippen LogP contribution in [-0.2, 0) is 0 Å². The molecule has 1 atom stereocenters. The molecule has 0 radical (unpaired) electrons. The Bertz CT molecular complexity index is 1030. The molecule has 0 saturated carbocycles. The van der Waals surface area contributed by atoms with Gasteiger partial charge in [0.15, 0.2) is 0 Å². The Balaban J connectivity index is 1.57. The molecule has 0 aliphatic heterocycles. The standard InChI is InChI=1S/C28H34N2O/c1-19(2)29-22-13-9-20(10-14-22)24-7-6-8-25(24)26-17-18-31-27(26)21-11-15-23(16-12-21)30-28(3,4)5/h7,9-19,25,29-30H,6,8H2,1-5H3. The summed E-state index contributed by atoms with van der Waals surface area (Å²) in [5.41, 5.74) is 7.45. The van der Waals surface area contributed by atoms with Gasteiger partial charge in [0.1, 0.15) is 5.76 Å². The first-order valence-electron chi connectivity index (χ1n) is 11.3. The number of nitrogens with one attached hydrogen (secondary N) is 2. The Kier molecular flexibility index (Phi) is 5.95. The van der Waals surface area contributed by atoms with Crippen molar-refractivity contribution in [3.05, 3.63) is 78.1 Å². The fraction of sp³-hybridized carbons (Fsp3) is 0.357. The summed E-state index contributed by atoms with van der Waals surface area (Å²) >= 11 is 0. The summed E-state index contributed by atoms with van der Waals surface area (Å²) < 4.78 is 5.99. The minimum Gasteiger partial charge on any atom is -0.464 e. The number of benzene rings is 2. The lowest BCUT2D eigenvalue weighted by atomic mass is 9.87. The van der Waals surface area contributed by atoms with Gasteiger partial charge in [-0.25, -0.2) is 0 Å². The van der Waals surface area contributed by atoms with E-state index in [0.717, 1.165) is 29.9 Å². The SMILES string of the molecule is CC(C)Nc1ccc(C2=CCCC2c2ccoc2-c2ccc(NC(C)(C)C)cc2)cc1. The largest absolute Gasteiger partial charge is 0.464 e. The summed E-state index contributed by atoms with van der Waals surface area (Å²) in [6, 6.07) is 20.0. The topological polar surface area (TPSA) is 37.2 Å². The van der Waals surface area contributed by atoms with Crippen molar-refractivity contribution in [3.63, 3.8) is 0 Å². The van der Waals surface area contributed by atoms with Crippen LogP contribution in [0.5, 0.6) is 0 Å². The molecule has 0 saturated heterocycles. The van der Waals surface area contributed by atoms with E-state index in [9.17, 15) is 0 Å². The first-order valence-corrected chi connectivity index (χ1v) is 11.3. The highest BCUT2D eigenvalue weighted by molar-refractivity contribution is 5.78. The van der Waals surface area contributed by atoms with Crippen molar-refractivity contribution in [2.75, 3.05) is 10.6 Å². The van der Waals surface area contributed by atoms with Gasteiger partial charge in [-0.05, 0) is 101 Å². The highest BCUT2D eigenvalue weighted by Gasteiger charge is 2.26. The van der Waals surface area contributed by atoms with Crippen LogP contribution in [-0.4, -0.2) is 11.6 Å². The molecule has 0 spiro atoms. The molecule has 1 unspecified atom stereocenters. The number of allylic oxidation sites excluding steroid dienone is 2. The average molecular weight is 415 g/mol. The van der Waals surface area contributed by atoms with Gasteiger partial charge in [0, 0.05) is 40.0 Å². The van der Waals surface area contributed by atoms with Gasteiger partial charge in [-0.1, -0.05) is 18.2 Å². The van der Waals surface area contributed by atoms with E-state index in [1.165, 1.54) is 22.4 Å². The summed E-state index contributed by atoms with van der Waals surface area (Å²) in [6.45, 7) is 10.8.